The van der Waals surface area contributed by atoms with Gasteiger partial charge in [-0.1, -0.05) is 0 Å². The third-order valence-electron chi connectivity index (χ3n) is 3.44. The summed E-state index contributed by atoms with van der Waals surface area (Å²) in [6.07, 6.45) is 1.40. The van der Waals surface area contributed by atoms with Crippen LogP contribution in [0.5, 0.6) is 5.75 Å². The SMILES string of the molecule is CC(C)NC(=O)C(=O)N/N=C\c1ccc(OCc2ccc([N+](=O)[O-])cc2)cc1. The van der Waals surface area contributed by atoms with E-state index in [2.05, 4.69) is 15.8 Å². The van der Waals surface area contributed by atoms with Crippen molar-refractivity contribution in [3.8, 4) is 5.75 Å². The maximum Gasteiger partial charge on any atom is 0.329 e. The van der Waals surface area contributed by atoms with Crippen LogP contribution >= 0.6 is 0 Å². The summed E-state index contributed by atoms with van der Waals surface area (Å²) in [6, 6.07) is 12.9. The van der Waals surface area contributed by atoms with Crippen molar-refractivity contribution in [2.75, 3.05) is 0 Å². The highest BCUT2D eigenvalue weighted by molar-refractivity contribution is 6.35. The monoisotopic (exact) mass is 384 g/mol. The Labute approximate surface area is 161 Å². The number of rotatable bonds is 7. The highest BCUT2D eigenvalue weighted by atomic mass is 16.6. The number of benzene rings is 2. The maximum absolute atomic E-state index is 11.5. The van der Waals surface area contributed by atoms with Gasteiger partial charge in [0.05, 0.1) is 11.1 Å². The quantitative estimate of drug-likeness (QED) is 0.328. The topological polar surface area (TPSA) is 123 Å². The minimum atomic E-state index is -0.840. The predicted molar refractivity (Wildman–Crippen MR) is 103 cm³/mol. The number of hydrazone groups is 1. The van der Waals surface area contributed by atoms with Gasteiger partial charge < -0.3 is 10.1 Å². The van der Waals surface area contributed by atoms with Crippen molar-refractivity contribution in [2.45, 2.75) is 26.5 Å². The molecule has 0 radical (unpaired) electrons. The summed E-state index contributed by atoms with van der Waals surface area (Å²) in [5, 5.41) is 16.8. The van der Waals surface area contributed by atoms with Crippen molar-refractivity contribution in [3.63, 3.8) is 0 Å². The number of nitro benzene ring substituents is 1. The van der Waals surface area contributed by atoms with E-state index in [1.807, 2.05) is 0 Å². The van der Waals surface area contributed by atoms with Gasteiger partial charge in [-0.05, 0) is 61.4 Å². The zero-order valence-electron chi connectivity index (χ0n) is 15.4. The Morgan fingerprint density at radius 3 is 2.32 bits per heavy atom. The van der Waals surface area contributed by atoms with E-state index >= 15 is 0 Å². The summed E-state index contributed by atoms with van der Waals surface area (Å²) in [4.78, 5) is 33.1. The predicted octanol–water partition coefficient (Wildman–Crippen LogP) is 2.15. The number of hydrogen-bond donors (Lipinski definition) is 2. The first-order chi connectivity index (χ1) is 13.3. The van der Waals surface area contributed by atoms with E-state index in [0.717, 1.165) is 5.56 Å². The van der Waals surface area contributed by atoms with Crippen LogP contribution in [0.1, 0.15) is 25.0 Å². The Kier molecular flexibility index (Phi) is 7.21. The molecular weight excluding hydrogens is 364 g/mol. The van der Waals surface area contributed by atoms with Crippen LogP contribution in [0.15, 0.2) is 53.6 Å². The second kappa shape index (κ2) is 9.81. The van der Waals surface area contributed by atoms with Crippen molar-refractivity contribution in [1.29, 1.82) is 0 Å². The van der Waals surface area contributed by atoms with Crippen LogP contribution in [0.25, 0.3) is 0 Å². The Bertz CT molecular complexity index is 861. The number of non-ortho nitro benzene ring substituents is 1. The molecule has 0 atom stereocenters. The van der Waals surface area contributed by atoms with Crippen LogP contribution < -0.4 is 15.5 Å². The van der Waals surface area contributed by atoms with E-state index in [9.17, 15) is 19.7 Å². The highest BCUT2D eigenvalue weighted by Gasteiger charge is 2.12. The molecule has 28 heavy (non-hydrogen) atoms. The van der Waals surface area contributed by atoms with Crippen LogP contribution in [0, 0.1) is 10.1 Å². The number of ether oxygens (including phenoxy) is 1. The molecule has 0 spiro atoms. The van der Waals surface area contributed by atoms with Crippen molar-refractivity contribution >= 4 is 23.7 Å². The molecule has 0 bridgehead atoms. The minimum absolute atomic E-state index is 0.0289. The van der Waals surface area contributed by atoms with E-state index in [0.29, 0.717) is 11.3 Å². The van der Waals surface area contributed by atoms with Crippen LogP contribution in [-0.2, 0) is 16.2 Å². The van der Waals surface area contributed by atoms with Crippen LogP contribution in [-0.4, -0.2) is 29.0 Å². The van der Waals surface area contributed by atoms with Crippen molar-refractivity contribution in [1.82, 2.24) is 10.7 Å². The van der Waals surface area contributed by atoms with Gasteiger partial charge in [0, 0.05) is 18.2 Å². The van der Waals surface area contributed by atoms with Gasteiger partial charge in [-0.2, -0.15) is 5.10 Å². The van der Waals surface area contributed by atoms with Crippen LogP contribution in [0.2, 0.25) is 0 Å². The van der Waals surface area contributed by atoms with Gasteiger partial charge in [0.1, 0.15) is 12.4 Å². The van der Waals surface area contributed by atoms with Gasteiger partial charge >= 0.3 is 11.8 Å². The van der Waals surface area contributed by atoms with Crippen LogP contribution in [0.3, 0.4) is 0 Å². The summed E-state index contributed by atoms with van der Waals surface area (Å²) < 4.78 is 5.62. The molecule has 0 saturated carbocycles. The lowest BCUT2D eigenvalue weighted by Gasteiger charge is -2.07. The molecule has 2 aromatic carbocycles. The van der Waals surface area contributed by atoms with E-state index in [4.69, 9.17) is 4.74 Å². The molecule has 9 heteroatoms. The summed E-state index contributed by atoms with van der Waals surface area (Å²) in [6.45, 7) is 3.77. The standard InChI is InChI=1S/C19H20N4O5/c1-13(2)21-18(24)19(25)22-20-11-14-5-9-17(10-6-14)28-12-15-3-7-16(8-4-15)23(26)27/h3-11,13H,12H2,1-2H3,(H,21,24)(H,22,25)/b20-11-. The van der Waals surface area contributed by atoms with Gasteiger partial charge in [0.25, 0.3) is 5.69 Å². The molecule has 0 unspecified atom stereocenters. The molecule has 2 rings (SSSR count). The second-order valence-corrected chi connectivity index (χ2v) is 6.11. The number of nitrogens with zero attached hydrogens (tertiary/aromatic N) is 2. The van der Waals surface area contributed by atoms with Crippen molar-refractivity contribution in [2.24, 2.45) is 5.10 Å². The molecule has 0 aliphatic carbocycles. The third-order valence-corrected chi connectivity index (χ3v) is 3.44. The molecule has 0 heterocycles. The van der Waals surface area contributed by atoms with Gasteiger partial charge in [0.15, 0.2) is 0 Å². The fourth-order valence-corrected chi connectivity index (χ4v) is 2.07. The fourth-order valence-electron chi connectivity index (χ4n) is 2.07. The van der Waals surface area contributed by atoms with Crippen LogP contribution in [0.4, 0.5) is 5.69 Å². The molecule has 0 aromatic heterocycles. The number of hydrogen-bond acceptors (Lipinski definition) is 6. The van der Waals surface area contributed by atoms with Gasteiger partial charge in [-0.15, -0.1) is 0 Å². The van der Waals surface area contributed by atoms with Gasteiger partial charge in [-0.25, -0.2) is 5.43 Å². The first kappa shape index (κ1) is 20.6. The number of amides is 2. The van der Waals surface area contributed by atoms with E-state index in [-0.39, 0.29) is 18.3 Å². The first-order valence-electron chi connectivity index (χ1n) is 8.45. The lowest BCUT2D eigenvalue weighted by atomic mass is 10.2. The Balaban J connectivity index is 1.83. The van der Waals surface area contributed by atoms with E-state index < -0.39 is 16.7 Å². The summed E-state index contributed by atoms with van der Waals surface area (Å²) in [7, 11) is 0. The lowest BCUT2D eigenvalue weighted by molar-refractivity contribution is -0.384. The largest absolute Gasteiger partial charge is 0.489 e. The highest BCUT2D eigenvalue weighted by Crippen LogP contribution is 2.16. The molecular formula is C19H20N4O5. The summed E-state index contributed by atoms with van der Waals surface area (Å²) >= 11 is 0. The Hall–Kier alpha value is -3.75. The molecule has 9 nitrogen and oxygen atoms in total. The zero-order chi connectivity index (χ0) is 20.5. The molecule has 0 aliphatic heterocycles. The third kappa shape index (κ3) is 6.52. The molecule has 0 fully saturated rings. The molecule has 2 amide bonds. The van der Waals surface area contributed by atoms with Gasteiger partial charge in [0.2, 0.25) is 0 Å². The van der Waals surface area contributed by atoms with E-state index in [1.54, 1.807) is 50.2 Å². The average molecular weight is 384 g/mol. The molecule has 2 N–H and O–H groups in total. The molecule has 146 valence electrons. The number of carbonyl (C=O) groups is 2. The number of carbonyl (C=O) groups excluding carboxylic acids is 2. The first-order valence-corrected chi connectivity index (χ1v) is 8.45. The summed E-state index contributed by atoms with van der Waals surface area (Å²) in [5.41, 5.74) is 3.68. The number of nitro groups is 1. The maximum atomic E-state index is 11.5. The molecule has 0 saturated heterocycles. The fraction of sp³-hybridized carbons (Fsp3) is 0.211. The Morgan fingerprint density at radius 1 is 1.11 bits per heavy atom. The smallest absolute Gasteiger partial charge is 0.329 e. The normalized spacial score (nSPS) is 10.7. The zero-order valence-corrected chi connectivity index (χ0v) is 15.4. The second-order valence-electron chi connectivity index (χ2n) is 6.11. The van der Waals surface area contributed by atoms with E-state index in [1.165, 1.54) is 18.3 Å². The minimum Gasteiger partial charge on any atom is -0.489 e. The number of nitrogens with one attached hydrogen (secondary N) is 2. The van der Waals surface area contributed by atoms with Crippen molar-refractivity contribution in [3.05, 3.63) is 69.8 Å². The molecule has 2 aromatic rings. The van der Waals surface area contributed by atoms with Gasteiger partial charge in [-0.3, -0.25) is 19.7 Å². The van der Waals surface area contributed by atoms with Crippen molar-refractivity contribution < 1.29 is 19.2 Å². The Morgan fingerprint density at radius 2 is 1.75 bits per heavy atom. The average Bonchev–Trinajstić information content (AvgIpc) is 2.67. The lowest BCUT2D eigenvalue weighted by Crippen LogP contribution is -2.41. The summed E-state index contributed by atoms with van der Waals surface area (Å²) in [5.74, 6) is -0.981. The molecule has 0 aliphatic rings.